The SMILES string of the molecule is CC(C)(C)C(O)C(=O)O.CC(C)(C)C(O)C(=O)O.[NH2][Pt][NH2]. The van der Waals surface area contributed by atoms with Crippen LogP contribution < -0.4 is 8.58 Å². The van der Waals surface area contributed by atoms with Gasteiger partial charge in [0.15, 0.2) is 12.2 Å². The zero-order valence-corrected chi connectivity index (χ0v) is 15.5. The van der Waals surface area contributed by atoms with E-state index in [1.807, 2.05) is 0 Å². The van der Waals surface area contributed by atoms with Gasteiger partial charge >= 0.3 is 39.6 Å². The summed E-state index contributed by atoms with van der Waals surface area (Å²) < 4.78 is 9.47. The molecule has 0 saturated heterocycles. The molecule has 0 aliphatic carbocycles. The summed E-state index contributed by atoms with van der Waals surface area (Å²) in [5.41, 5.74) is -1.13. The predicted octanol–water partition coefficient (Wildman–Crippen LogP) is -0.228. The Hall–Kier alpha value is -0.532. The Morgan fingerprint density at radius 2 is 0.952 bits per heavy atom. The molecule has 0 radical (unpaired) electrons. The normalized spacial score (nSPS) is 14.0. The third-order valence-electron chi connectivity index (χ3n) is 2.11. The number of carbonyl (C=O) groups is 2. The number of aliphatic hydroxyl groups is 2. The molecule has 0 spiro atoms. The van der Waals surface area contributed by atoms with Gasteiger partial charge in [0.1, 0.15) is 0 Å². The van der Waals surface area contributed by atoms with Crippen molar-refractivity contribution in [1.82, 2.24) is 0 Å². The molecule has 0 rings (SSSR count). The first-order chi connectivity index (χ1) is 9.12. The Labute approximate surface area is 134 Å². The van der Waals surface area contributed by atoms with E-state index in [1.165, 1.54) is 0 Å². The van der Waals surface area contributed by atoms with E-state index in [2.05, 4.69) is 0 Å². The molecule has 0 saturated carbocycles. The van der Waals surface area contributed by atoms with E-state index in [9.17, 15) is 9.59 Å². The van der Waals surface area contributed by atoms with Crippen LogP contribution in [-0.4, -0.2) is 44.6 Å². The standard InChI is InChI=1S/2C6H12O3.2H2N.Pt/c2*1-6(2,3)4(7)5(8)9;;;/h2*4,7H,1-3H3,(H,8,9);2*1H2;/q;;2*-1;+2. The molecule has 0 fully saturated rings. The first-order valence-electron chi connectivity index (χ1n) is 5.89. The second kappa shape index (κ2) is 11.1. The molecule has 8 N–H and O–H groups in total. The van der Waals surface area contributed by atoms with Crippen molar-refractivity contribution in [3.63, 3.8) is 0 Å². The van der Waals surface area contributed by atoms with Crippen LogP contribution >= 0.6 is 0 Å². The van der Waals surface area contributed by atoms with Gasteiger partial charge < -0.3 is 20.4 Å². The summed E-state index contributed by atoms with van der Waals surface area (Å²) in [6.07, 6.45) is -2.53. The first-order valence-corrected chi connectivity index (χ1v) is 8.52. The van der Waals surface area contributed by atoms with Crippen molar-refractivity contribution >= 4 is 11.9 Å². The van der Waals surface area contributed by atoms with Gasteiger partial charge in [0.2, 0.25) is 0 Å². The Morgan fingerprint density at radius 1 is 0.810 bits per heavy atom. The van der Waals surface area contributed by atoms with Gasteiger partial charge in [0.25, 0.3) is 0 Å². The molecular formula is C12H28N2O6Pt. The van der Waals surface area contributed by atoms with Gasteiger partial charge in [-0.05, 0) is 10.8 Å². The summed E-state index contributed by atoms with van der Waals surface area (Å²) in [6.45, 7) is 10.0. The number of hydrogen-bond donors (Lipinski definition) is 6. The third kappa shape index (κ3) is 15.7. The summed E-state index contributed by atoms with van der Waals surface area (Å²) in [5, 5.41) is 34.3. The van der Waals surface area contributed by atoms with Gasteiger partial charge in [-0.2, -0.15) is 0 Å². The second-order valence-corrected chi connectivity index (χ2v) is 7.08. The van der Waals surface area contributed by atoms with Gasteiger partial charge in [0.05, 0.1) is 0 Å². The molecule has 2 unspecified atom stereocenters. The van der Waals surface area contributed by atoms with Crippen molar-refractivity contribution in [3.8, 4) is 0 Å². The fourth-order valence-electron chi connectivity index (χ4n) is 0.741. The minimum absolute atomic E-state index is 0.417. The van der Waals surface area contributed by atoms with E-state index in [1.54, 1.807) is 41.5 Å². The van der Waals surface area contributed by atoms with Crippen LogP contribution in [0.3, 0.4) is 0 Å². The molecule has 0 aliphatic rings. The van der Waals surface area contributed by atoms with Crippen molar-refractivity contribution < 1.29 is 49.1 Å². The molecule has 0 aromatic heterocycles. The molecule has 0 heterocycles. The second-order valence-electron chi connectivity index (χ2n) is 6.32. The first kappa shape index (κ1) is 25.4. The molecule has 0 aliphatic heterocycles. The monoisotopic (exact) mass is 491 g/mol. The number of aliphatic carboxylic acids is 2. The van der Waals surface area contributed by atoms with Crippen molar-refractivity contribution in [3.05, 3.63) is 0 Å². The summed E-state index contributed by atoms with van der Waals surface area (Å²) in [6, 6.07) is 0. The van der Waals surface area contributed by atoms with Crippen LogP contribution in [0.2, 0.25) is 0 Å². The minimum atomic E-state index is -1.27. The quantitative estimate of drug-likeness (QED) is 0.308. The van der Waals surface area contributed by atoms with Crippen LogP contribution in [0.25, 0.3) is 0 Å². The van der Waals surface area contributed by atoms with Crippen LogP contribution in [0.4, 0.5) is 0 Å². The number of carboxylic acids is 2. The fourth-order valence-corrected chi connectivity index (χ4v) is 0.741. The van der Waals surface area contributed by atoms with Crippen molar-refractivity contribution in [2.45, 2.75) is 53.8 Å². The molecular weight excluding hydrogens is 463 g/mol. The Kier molecular flexibility index (Phi) is 13.4. The topological polar surface area (TPSA) is 167 Å². The summed E-state index contributed by atoms with van der Waals surface area (Å²) >= 11 is -0.417. The van der Waals surface area contributed by atoms with E-state index in [0.29, 0.717) is 0 Å². The van der Waals surface area contributed by atoms with Gasteiger partial charge in [0, 0.05) is 0 Å². The number of aliphatic hydroxyl groups excluding tert-OH is 2. The number of rotatable bonds is 2. The fraction of sp³-hybridized carbons (Fsp3) is 0.833. The zero-order valence-electron chi connectivity index (χ0n) is 13.2. The van der Waals surface area contributed by atoms with Gasteiger partial charge in [-0.1, -0.05) is 41.5 Å². The van der Waals surface area contributed by atoms with Gasteiger partial charge in [-0.15, -0.1) is 0 Å². The zero-order chi connectivity index (χ0) is 18.0. The molecule has 0 aromatic rings. The molecule has 8 nitrogen and oxygen atoms in total. The molecule has 2 atom stereocenters. The van der Waals surface area contributed by atoms with Crippen LogP contribution in [-0.2, 0) is 28.7 Å². The van der Waals surface area contributed by atoms with Crippen LogP contribution in [0.15, 0.2) is 0 Å². The van der Waals surface area contributed by atoms with Crippen molar-refractivity contribution in [2.24, 2.45) is 19.4 Å². The molecule has 0 amide bonds. The van der Waals surface area contributed by atoms with Crippen molar-refractivity contribution in [1.29, 1.82) is 0 Å². The van der Waals surface area contributed by atoms with E-state index >= 15 is 0 Å². The maximum atomic E-state index is 10.1. The molecule has 0 bridgehead atoms. The Bertz CT molecular complexity index is 282. The number of carboxylic acid groups (broad SMARTS) is 2. The van der Waals surface area contributed by atoms with Crippen LogP contribution in [0, 0.1) is 10.8 Å². The molecule has 9 heteroatoms. The Morgan fingerprint density at radius 3 is 0.952 bits per heavy atom. The number of nitrogens with two attached hydrogens (primary N) is 2. The van der Waals surface area contributed by atoms with E-state index in [-0.39, 0.29) is 0 Å². The van der Waals surface area contributed by atoms with Crippen molar-refractivity contribution in [2.75, 3.05) is 0 Å². The molecule has 21 heavy (non-hydrogen) atoms. The van der Waals surface area contributed by atoms with Gasteiger partial charge in [-0.3, -0.25) is 0 Å². The summed E-state index contributed by atoms with van der Waals surface area (Å²) in [4.78, 5) is 20.2. The number of hydrogen-bond acceptors (Lipinski definition) is 6. The van der Waals surface area contributed by atoms with Gasteiger partial charge in [-0.25, -0.2) is 9.59 Å². The maximum absolute atomic E-state index is 10.1. The summed E-state index contributed by atoms with van der Waals surface area (Å²) in [5.74, 6) is -2.33. The molecule has 0 aromatic carbocycles. The average molecular weight is 491 g/mol. The van der Waals surface area contributed by atoms with E-state index in [0.717, 1.165) is 0 Å². The van der Waals surface area contributed by atoms with Crippen LogP contribution in [0.1, 0.15) is 41.5 Å². The molecule has 132 valence electrons. The van der Waals surface area contributed by atoms with E-state index < -0.39 is 54.0 Å². The third-order valence-corrected chi connectivity index (χ3v) is 2.11. The Balaban J connectivity index is -0.000000260. The summed E-state index contributed by atoms with van der Waals surface area (Å²) in [7, 11) is 0. The van der Waals surface area contributed by atoms with Crippen LogP contribution in [0.5, 0.6) is 0 Å². The predicted molar refractivity (Wildman–Crippen MR) is 74.6 cm³/mol. The average Bonchev–Trinajstić information content (AvgIpc) is 2.26. The van der Waals surface area contributed by atoms with E-state index in [4.69, 9.17) is 29.0 Å².